The van der Waals surface area contributed by atoms with E-state index < -0.39 is 35.6 Å². The molecule has 0 heterocycles. The van der Waals surface area contributed by atoms with Gasteiger partial charge in [0.2, 0.25) is 0 Å². The molecule has 5 nitrogen and oxygen atoms in total. The molecule has 3 aliphatic carbocycles. The zero-order chi connectivity index (χ0) is 18.3. The first kappa shape index (κ1) is 18.2. The summed E-state index contributed by atoms with van der Waals surface area (Å²) in [6.45, 7) is 6.49. The van der Waals surface area contributed by atoms with Crippen molar-refractivity contribution in [3.05, 3.63) is 12.2 Å². The van der Waals surface area contributed by atoms with Crippen LogP contribution in [-0.2, 0) is 23.9 Å². The van der Waals surface area contributed by atoms with Gasteiger partial charge < -0.3 is 9.47 Å². The Morgan fingerprint density at radius 3 is 2.24 bits per heavy atom. The first-order valence-corrected chi connectivity index (χ1v) is 9.35. The average molecular weight is 348 g/mol. The van der Waals surface area contributed by atoms with E-state index in [2.05, 4.69) is 20.8 Å². The van der Waals surface area contributed by atoms with Gasteiger partial charge in [-0.2, -0.15) is 0 Å². The average Bonchev–Trinajstić information content (AvgIpc) is 3.06. The number of ketones is 1. The highest BCUT2D eigenvalue weighted by Gasteiger charge is 2.58. The molecular formula is C20H28O5. The lowest BCUT2D eigenvalue weighted by Crippen LogP contribution is -2.41. The Bertz CT molecular complexity index is 593. The Labute approximate surface area is 149 Å². The summed E-state index contributed by atoms with van der Waals surface area (Å²) in [6, 6.07) is 0. The number of carbonyl (C=O) groups is 3. The van der Waals surface area contributed by atoms with Crippen molar-refractivity contribution in [2.24, 2.45) is 41.4 Å². The van der Waals surface area contributed by atoms with Crippen molar-refractivity contribution in [3.63, 3.8) is 0 Å². The number of fused-ring (bicyclic) bond motifs is 2. The van der Waals surface area contributed by atoms with Crippen LogP contribution in [0.4, 0.5) is 0 Å². The minimum absolute atomic E-state index is 0.0604. The Hall–Kier alpha value is -1.65. The van der Waals surface area contributed by atoms with Gasteiger partial charge in [0, 0.05) is 0 Å². The zero-order valence-corrected chi connectivity index (χ0v) is 15.4. The molecule has 0 amide bonds. The van der Waals surface area contributed by atoms with Gasteiger partial charge in [-0.25, -0.2) is 0 Å². The molecule has 3 aliphatic rings. The van der Waals surface area contributed by atoms with Crippen LogP contribution in [0.1, 0.15) is 40.0 Å². The minimum atomic E-state index is -0.737. The van der Waals surface area contributed by atoms with Crippen LogP contribution in [0.2, 0.25) is 0 Å². The molecule has 0 aromatic carbocycles. The molecule has 0 saturated heterocycles. The normalized spacial score (nSPS) is 39.7. The van der Waals surface area contributed by atoms with Crippen LogP contribution in [0.5, 0.6) is 0 Å². The Balaban J connectivity index is 1.78. The summed E-state index contributed by atoms with van der Waals surface area (Å²) in [5.74, 6) is -2.24. The third-order valence-corrected chi connectivity index (χ3v) is 6.32. The molecule has 0 aromatic rings. The van der Waals surface area contributed by atoms with Crippen LogP contribution in [-0.4, -0.2) is 30.9 Å². The van der Waals surface area contributed by atoms with Gasteiger partial charge in [0.05, 0.1) is 30.8 Å². The fourth-order valence-corrected chi connectivity index (χ4v) is 4.89. The van der Waals surface area contributed by atoms with Gasteiger partial charge in [-0.3, -0.25) is 14.4 Å². The van der Waals surface area contributed by atoms with Crippen molar-refractivity contribution in [2.75, 3.05) is 7.11 Å². The van der Waals surface area contributed by atoms with Crippen LogP contribution in [0, 0.1) is 41.4 Å². The number of hydrogen-bond acceptors (Lipinski definition) is 5. The van der Waals surface area contributed by atoms with Gasteiger partial charge in [0.15, 0.2) is 0 Å². The summed E-state index contributed by atoms with van der Waals surface area (Å²) < 4.78 is 10.8. The van der Waals surface area contributed by atoms with Crippen LogP contribution in [0.3, 0.4) is 0 Å². The van der Waals surface area contributed by atoms with Gasteiger partial charge in [-0.15, -0.1) is 0 Å². The van der Waals surface area contributed by atoms with E-state index in [1.807, 2.05) is 0 Å². The standard InChI is InChI=1S/C20H28O5/c1-10(2)12-6-5-11(3)9-15(12)25-20(23)17-14-8-7-13(18(14)21)16(17)19(22)24-4/h7-8,10-17H,5-6,9H2,1-4H3/t11-,12+,13+,14-,15-,16+,17+/m1/s1. The monoisotopic (exact) mass is 348 g/mol. The third-order valence-electron chi connectivity index (χ3n) is 6.32. The Morgan fingerprint density at radius 1 is 1.08 bits per heavy atom. The molecule has 0 aromatic heterocycles. The third kappa shape index (κ3) is 3.13. The topological polar surface area (TPSA) is 69.7 Å². The van der Waals surface area contributed by atoms with Gasteiger partial charge in [0.25, 0.3) is 0 Å². The molecule has 0 unspecified atom stereocenters. The summed E-state index contributed by atoms with van der Waals surface area (Å²) in [4.78, 5) is 37.5. The summed E-state index contributed by atoms with van der Waals surface area (Å²) in [5, 5.41) is 0. The SMILES string of the molecule is COC(=O)[C@@H]1[C@@H](C(=O)O[C@@H]2C[C@H](C)CC[C@H]2C(C)C)[C@H]2C=C[C@@H]1C2=O. The minimum Gasteiger partial charge on any atom is -0.469 e. The largest absolute Gasteiger partial charge is 0.469 e. The van der Waals surface area contributed by atoms with E-state index in [9.17, 15) is 14.4 Å². The number of esters is 2. The molecule has 3 rings (SSSR count). The molecular weight excluding hydrogens is 320 g/mol. The quantitative estimate of drug-likeness (QED) is 0.577. The van der Waals surface area contributed by atoms with Crippen LogP contribution < -0.4 is 0 Å². The number of rotatable bonds is 4. The van der Waals surface area contributed by atoms with E-state index in [0.717, 1.165) is 19.3 Å². The van der Waals surface area contributed by atoms with Crippen molar-refractivity contribution < 1.29 is 23.9 Å². The predicted molar refractivity (Wildman–Crippen MR) is 91.3 cm³/mol. The zero-order valence-electron chi connectivity index (χ0n) is 15.4. The molecule has 5 heteroatoms. The first-order chi connectivity index (χ1) is 11.8. The van der Waals surface area contributed by atoms with Gasteiger partial charge >= 0.3 is 11.9 Å². The van der Waals surface area contributed by atoms with E-state index in [0.29, 0.717) is 17.8 Å². The smallest absolute Gasteiger partial charge is 0.311 e. The molecule has 7 atom stereocenters. The van der Waals surface area contributed by atoms with E-state index >= 15 is 0 Å². The van der Waals surface area contributed by atoms with Crippen molar-refractivity contribution in [2.45, 2.75) is 46.1 Å². The number of allylic oxidation sites excluding steroid dienone is 2. The lowest BCUT2D eigenvalue weighted by atomic mass is 9.75. The lowest BCUT2D eigenvalue weighted by Gasteiger charge is -2.37. The number of methoxy groups -OCH3 is 1. The number of hydrogen-bond donors (Lipinski definition) is 0. The Kier molecular flexibility index (Phi) is 5.03. The molecule has 0 aliphatic heterocycles. The molecule has 2 saturated carbocycles. The van der Waals surface area contributed by atoms with Gasteiger partial charge in [-0.1, -0.05) is 39.3 Å². The van der Waals surface area contributed by atoms with Gasteiger partial charge in [-0.05, 0) is 30.6 Å². The predicted octanol–water partition coefficient (Wildman–Crippen LogP) is 2.78. The van der Waals surface area contributed by atoms with E-state index in [1.165, 1.54) is 7.11 Å². The number of carbonyl (C=O) groups excluding carboxylic acids is 3. The lowest BCUT2D eigenvalue weighted by molar-refractivity contribution is -0.168. The summed E-state index contributed by atoms with van der Waals surface area (Å²) >= 11 is 0. The highest BCUT2D eigenvalue weighted by atomic mass is 16.5. The summed E-state index contributed by atoms with van der Waals surface area (Å²) in [5.41, 5.74) is 0. The van der Waals surface area contributed by atoms with E-state index in [-0.39, 0.29) is 11.9 Å². The number of Topliss-reactive ketones (excluding diaryl/α,β-unsaturated/α-hetero) is 1. The van der Waals surface area contributed by atoms with Crippen LogP contribution in [0.25, 0.3) is 0 Å². The summed E-state index contributed by atoms with van der Waals surface area (Å²) in [6.07, 6.45) is 6.40. The molecule has 138 valence electrons. The number of ether oxygens (including phenoxy) is 2. The maximum absolute atomic E-state index is 12.9. The molecule has 25 heavy (non-hydrogen) atoms. The van der Waals surface area contributed by atoms with E-state index in [4.69, 9.17) is 9.47 Å². The maximum atomic E-state index is 12.9. The molecule has 2 fully saturated rings. The second-order valence-electron chi connectivity index (χ2n) is 8.21. The highest BCUT2D eigenvalue weighted by Crippen LogP contribution is 2.47. The molecule has 0 spiro atoms. The second kappa shape index (κ2) is 6.93. The van der Waals surface area contributed by atoms with Gasteiger partial charge in [0.1, 0.15) is 11.9 Å². The molecule has 0 radical (unpaired) electrons. The first-order valence-electron chi connectivity index (χ1n) is 9.35. The highest BCUT2D eigenvalue weighted by molar-refractivity contribution is 6.02. The van der Waals surface area contributed by atoms with Crippen molar-refractivity contribution in [1.29, 1.82) is 0 Å². The molecule has 2 bridgehead atoms. The van der Waals surface area contributed by atoms with Crippen LogP contribution >= 0.6 is 0 Å². The second-order valence-corrected chi connectivity index (χ2v) is 8.21. The summed E-state index contributed by atoms with van der Waals surface area (Å²) in [7, 11) is 1.29. The van der Waals surface area contributed by atoms with Crippen LogP contribution in [0.15, 0.2) is 12.2 Å². The Morgan fingerprint density at radius 2 is 1.68 bits per heavy atom. The van der Waals surface area contributed by atoms with Crippen molar-refractivity contribution in [3.8, 4) is 0 Å². The maximum Gasteiger partial charge on any atom is 0.311 e. The van der Waals surface area contributed by atoms with Crippen molar-refractivity contribution in [1.82, 2.24) is 0 Å². The fraction of sp³-hybridized carbons (Fsp3) is 0.750. The fourth-order valence-electron chi connectivity index (χ4n) is 4.89. The molecule has 0 N–H and O–H groups in total. The van der Waals surface area contributed by atoms with E-state index in [1.54, 1.807) is 12.2 Å². The van der Waals surface area contributed by atoms with Crippen molar-refractivity contribution >= 4 is 17.7 Å².